The fraction of sp³-hybridized carbons (Fsp3) is 0.263. The summed E-state index contributed by atoms with van der Waals surface area (Å²) < 4.78 is 5.24. The van der Waals surface area contributed by atoms with Gasteiger partial charge in [0.2, 0.25) is 5.91 Å². The van der Waals surface area contributed by atoms with E-state index < -0.39 is 0 Å². The van der Waals surface area contributed by atoms with E-state index in [0.29, 0.717) is 17.0 Å². The van der Waals surface area contributed by atoms with Gasteiger partial charge in [0.1, 0.15) is 5.75 Å². The van der Waals surface area contributed by atoms with Crippen LogP contribution in [0.5, 0.6) is 5.75 Å². The summed E-state index contributed by atoms with van der Waals surface area (Å²) >= 11 is 0. The molecule has 1 aliphatic rings. The van der Waals surface area contributed by atoms with Gasteiger partial charge in [-0.3, -0.25) is 9.59 Å². The summed E-state index contributed by atoms with van der Waals surface area (Å²) in [7, 11) is 1.53. The maximum atomic E-state index is 12.6. The lowest BCUT2D eigenvalue weighted by Gasteiger charge is -2.24. The molecular weight excluding hydrogens is 304 g/mol. The Kier molecular flexibility index (Phi) is 4.51. The Labute approximate surface area is 141 Å². The van der Waals surface area contributed by atoms with Crippen LogP contribution in [0, 0.1) is 0 Å². The van der Waals surface area contributed by atoms with E-state index in [1.54, 1.807) is 36.1 Å². The van der Waals surface area contributed by atoms with Crippen molar-refractivity contribution in [1.82, 2.24) is 0 Å². The van der Waals surface area contributed by atoms with Gasteiger partial charge in [-0.2, -0.15) is 0 Å². The number of methoxy groups -OCH3 is 1. The van der Waals surface area contributed by atoms with Crippen molar-refractivity contribution in [3.63, 3.8) is 0 Å². The zero-order chi connectivity index (χ0) is 17.1. The molecule has 1 aliphatic carbocycles. The van der Waals surface area contributed by atoms with Crippen LogP contribution in [0.3, 0.4) is 0 Å². The number of benzene rings is 2. The first-order valence-electron chi connectivity index (χ1n) is 7.95. The molecule has 0 atom stereocenters. The van der Waals surface area contributed by atoms with Gasteiger partial charge in [-0.05, 0) is 37.1 Å². The molecule has 1 fully saturated rings. The third-order valence-corrected chi connectivity index (χ3v) is 4.01. The molecule has 0 saturated heterocycles. The van der Waals surface area contributed by atoms with Gasteiger partial charge < -0.3 is 15.0 Å². The van der Waals surface area contributed by atoms with Crippen LogP contribution in [-0.4, -0.2) is 25.0 Å². The molecule has 0 unspecified atom stereocenters. The lowest BCUT2D eigenvalue weighted by molar-refractivity contribution is -0.116. The topological polar surface area (TPSA) is 58.6 Å². The highest BCUT2D eigenvalue weighted by atomic mass is 16.5. The molecule has 0 spiro atoms. The number of amides is 2. The molecule has 124 valence electrons. The van der Waals surface area contributed by atoms with Gasteiger partial charge in [-0.15, -0.1) is 0 Å². The molecular formula is C19H20N2O3. The van der Waals surface area contributed by atoms with Crippen molar-refractivity contribution >= 4 is 23.2 Å². The van der Waals surface area contributed by atoms with Crippen LogP contribution < -0.4 is 15.0 Å². The summed E-state index contributed by atoms with van der Waals surface area (Å²) in [6, 6.07) is 14.7. The van der Waals surface area contributed by atoms with E-state index in [2.05, 4.69) is 5.32 Å². The van der Waals surface area contributed by atoms with Gasteiger partial charge >= 0.3 is 0 Å². The number of carbonyl (C=O) groups is 2. The monoisotopic (exact) mass is 324 g/mol. The van der Waals surface area contributed by atoms with E-state index in [1.165, 1.54) is 7.11 Å². The largest absolute Gasteiger partial charge is 0.496 e. The van der Waals surface area contributed by atoms with E-state index >= 15 is 0 Å². The second-order valence-electron chi connectivity index (χ2n) is 5.79. The van der Waals surface area contributed by atoms with Crippen LogP contribution in [0.4, 0.5) is 11.4 Å². The SMILES string of the molecule is COc1ccccc1C(=O)Nc1ccccc1N(C(C)=O)C1CC1. The minimum Gasteiger partial charge on any atom is -0.496 e. The molecule has 0 bridgehead atoms. The zero-order valence-corrected chi connectivity index (χ0v) is 13.8. The Balaban J connectivity index is 1.90. The van der Waals surface area contributed by atoms with Crippen molar-refractivity contribution in [2.75, 3.05) is 17.3 Å². The molecule has 2 aromatic rings. The molecule has 5 nitrogen and oxygen atoms in total. The Morgan fingerprint density at radius 3 is 2.42 bits per heavy atom. The third-order valence-electron chi connectivity index (χ3n) is 4.01. The highest BCUT2D eigenvalue weighted by Crippen LogP contribution is 2.36. The summed E-state index contributed by atoms with van der Waals surface area (Å²) in [6.07, 6.45) is 1.99. The van der Waals surface area contributed by atoms with E-state index in [1.807, 2.05) is 24.3 Å². The molecule has 3 rings (SSSR count). The number of para-hydroxylation sites is 3. The maximum absolute atomic E-state index is 12.6. The molecule has 0 aromatic heterocycles. The molecule has 1 saturated carbocycles. The maximum Gasteiger partial charge on any atom is 0.259 e. The molecule has 24 heavy (non-hydrogen) atoms. The number of hydrogen-bond acceptors (Lipinski definition) is 3. The van der Waals surface area contributed by atoms with Crippen LogP contribution in [0.25, 0.3) is 0 Å². The molecule has 0 radical (unpaired) electrons. The lowest BCUT2D eigenvalue weighted by atomic mass is 10.1. The first-order valence-corrected chi connectivity index (χ1v) is 7.95. The normalized spacial score (nSPS) is 13.2. The van der Waals surface area contributed by atoms with Crippen molar-refractivity contribution in [1.29, 1.82) is 0 Å². The summed E-state index contributed by atoms with van der Waals surface area (Å²) in [4.78, 5) is 26.4. The average molecular weight is 324 g/mol. The minimum atomic E-state index is -0.265. The number of anilines is 2. The second-order valence-corrected chi connectivity index (χ2v) is 5.79. The average Bonchev–Trinajstić information content (AvgIpc) is 3.41. The van der Waals surface area contributed by atoms with Gasteiger partial charge in [-0.1, -0.05) is 24.3 Å². The van der Waals surface area contributed by atoms with Crippen LogP contribution in [0.2, 0.25) is 0 Å². The van der Waals surface area contributed by atoms with Crippen LogP contribution >= 0.6 is 0 Å². The van der Waals surface area contributed by atoms with Gasteiger partial charge in [0.25, 0.3) is 5.91 Å². The number of carbonyl (C=O) groups excluding carboxylic acids is 2. The van der Waals surface area contributed by atoms with Crippen LogP contribution in [0.15, 0.2) is 48.5 Å². The first-order chi connectivity index (χ1) is 11.6. The molecule has 2 aromatic carbocycles. The molecule has 1 N–H and O–H groups in total. The summed E-state index contributed by atoms with van der Waals surface area (Å²) in [5, 5.41) is 2.91. The summed E-state index contributed by atoms with van der Waals surface area (Å²) in [5.74, 6) is 0.230. The smallest absolute Gasteiger partial charge is 0.259 e. The van der Waals surface area contributed by atoms with Crippen molar-refractivity contribution in [2.24, 2.45) is 0 Å². The van der Waals surface area contributed by atoms with Gasteiger partial charge in [-0.25, -0.2) is 0 Å². The first kappa shape index (κ1) is 16.1. The van der Waals surface area contributed by atoms with Gasteiger partial charge in [0.15, 0.2) is 0 Å². The molecule has 0 aliphatic heterocycles. The summed E-state index contributed by atoms with van der Waals surface area (Å²) in [5.41, 5.74) is 1.81. The van der Waals surface area contributed by atoms with Crippen molar-refractivity contribution in [3.05, 3.63) is 54.1 Å². The van der Waals surface area contributed by atoms with E-state index in [4.69, 9.17) is 4.74 Å². The quantitative estimate of drug-likeness (QED) is 0.916. The van der Waals surface area contributed by atoms with Crippen molar-refractivity contribution < 1.29 is 14.3 Å². The van der Waals surface area contributed by atoms with Gasteiger partial charge in [0.05, 0.1) is 24.0 Å². The fourth-order valence-corrected chi connectivity index (χ4v) is 2.77. The van der Waals surface area contributed by atoms with Crippen LogP contribution in [0.1, 0.15) is 30.1 Å². The fourth-order valence-electron chi connectivity index (χ4n) is 2.77. The lowest BCUT2D eigenvalue weighted by Crippen LogP contribution is -2.31. The van der Waals surface area contributed by atoms with E-state index in [9.17, 15) is 9.59 Å². The van der Waals surface area contributed by atoms with Crippen molar-refractivity contribution in [3.8, 4) is 5.75 Å². The Morgan fingerprint density at radius 2 is 1.75 bits per heavy atom. The van der Waals surface area contributed by atoms with E-state index in [-0.39, 0.29) is 17.9 Å². The number of nitrogens with one attached hydrogen (secondary N) is 1. The molecule has 5 heteroatoms. The molecule has 0 heterocycles. The standard InChI is InChI=1S/C19H20N2O3/c1-13(22)21(14-11-12-14)17-9-5-4-8-16(17)20-19(23)15-7-3-6-10-18(15)24-2/h3-10,14H,11-12H2,1-2H3,(H,20,23). The van der Waals surface area contributed by atoms with Crippen LogP contribution in [-0.2, 0) is 4.79 Å². The number of nitrogens with zero attached hydrogens (tertiary/aromatic N) is 1. The second kappa shape index (κ2) is 6.74. The highest BCUT2D eigenvalue weighted by molar-refractivity contribution is 6.09. The Morgan fingerprint density at radius 1 is 1.08 bits per heavy atom. The minimum absolute atomic E-state index is 0.0171. The van der Waals surface area contributed by atoms with Crippen molar-refractivity contribution in [2.45, 2.75) is 25.8 Å². The molecule has 2 amide bonds. The summed E-state index contributed by atoms with van der Waals surface area (Å²) in [6.45, 7) is 1.55. The van der Waals surface area contributed by atoms with E-state index in [0.717, 1.165) is 18.5 Å². The number of ether oxygens (including phenoxy) is 1. The highest BCUT2D eigenvalue weighted by Gasteiger charge is 2.33. The predicted molar refractivity (Wildman–Crippen MR) is 93.6 cm³/mol. The Hall–Kier alpha value is -2.82. The predicted octanol–water partition coefficient (Wildman–Crippen LogP) is 3.46. The third kappa shape index (κ3) is 3.25. The zero-order valence-electron chi connectivity index (χ0n) is 13.8. The van der Waals surface area contributed by atoms with Gasteiger partial charge in [0, 0.05) is 13.0 Å². The Bertz CT molecular complexity index is 769. The number of rotatable bonds is 5. The number of hydrogen-bond donors (Lipinski definition) is 1.